The SMILES string of the molecule is Cc1cc2nc(N/N=C(\C#N)C(=O)Nc3cccc4ccccc34)[nH]c2cc1C. The number of imidazole rings is 1. The van der Waals surface area contributed by atoms with Crippen LogP contribution in [0.4, 0.5) is 11.6 Å². The molecule has 29 heavy (non-hydrogen) atoms. The van der Waals surface area contributed by atoms with Crippen molar-refractivity contribution in [3.05, 3.63) is 65.7 Å². The van der Waals surface area contributed by atoms with Crippen molar-refractivity contribution >= 4 is 45.1 Å². The van der Waals surface area contributed by atoms with E-state index in [-0.39, 0.29) is 5.71 Å². The Hall–Kier alpha value is -4.18. The van der Waals surface area contributed by atoms with Crippen LogP contribution in [0.25, 0.3) is 21.8 Å². The van der Waals surface area contributed by atoms with E-state index >= 15 is 0 Å². The quantitative estimate of drug-likeness (QED) is 0.362. The van der Waals surface area contributed by atoms with Crippen molar-refractivity contribution in [2.75, 3.05) is 10.7 Å². The number of aromatic nitrogens is 2. The summed E-state index contributed by atoms with van der Waals surface area (Å²) in [5.74, 6) is -0.241. The van der Waals surface area contributed by atoms with Crippen LogP contribution in [0.2, 0.25) is 0 Å². The molecule has 0 atom stereocenters. The number of hydrogen-bond donors (Lipinski definition) is 3. The highest BCUT2D eigenvalue weighted by atomic mass is 16.1. The summed E-state index contributed by atoms with van der Waals surface area (Å²) in [6, 6.07) is 19.1. The van der Waals surface area contributed by atoms with Gasteiger partial charge in [0, 0.05) is 11.1 Å². The van der Waals surface area contributed by atoms with Gasteiger partial charge in [-0.05, 0) is 48.6 Å². The zero-order chi connectivity index (χ0) is 20.4. The third-order valence-electron chi connectivity index (χ3n) is 4.73. The van der Waals surface area contributed by atoms with Crippen LogP contribution < -0.4 is 10.7 Å². The summed E-state index contributed by atoms with van der Waals surface area (Å²) in [6.07, 6.45) is 0. The van der Waals surface area contributed by atoms with E-state index in [9.17, 15) is 10.1 Å². The summed E-state index contributed by atoms with van der Waals surface area (Å²) < 4.78 is 0. The Kier molecular flexibility index (Phi) is 4.67. The molecule has 0 unspecified atom stereocenters. The van der Waals surface area contributed by atoms with E-state index in [1.807, 2.05) is 68.4 Å². The first kappa shape index (κ1) is 18.2. The minimum atomic E-state index is -0.598. The standard InChI is InChI=1S/C22H18N6O/c1-13-10-18-19(11-14(13)2)26-22(25-18)28-27-20(12-23)21(29)24-17-9-5-7-15-6-3-4-8-16(15)17/h3-11H,1-2H3,(H,24,29)(H2,25,26,28)/b27-20+. The van der Waals surface area contributed by atoms with Gasteiger partial charge in [0.15, 0.2) is 0 Å². The molecule has 1 amide bonds. The first-order chi connectivity index (χ1) is 14.0. The van der Waals surface area contributed by atoms with Crippen LogP contribution in [-0.4, -0.2) is 21.6 Å². The third kappa shape index (κ3) is 3.64. The molecule has 0 aliphatic rings. The lowest BCUT2D eigenvalue weighted by Gasteiger charge is -2.07. The van der Waals surface area contributed by atoms with E-state index in [0.717, 1.165) is 32.9 Å². The number of H-pyrrole nitrogens is 1. The van der Waals surface area contributed by atoms with Gasteiger partial charge in [-0.25, -0.2) is 10.4 Å². The van der Waals surface area contributed by atoms with Crippen molar-refractivity contribution in [1.82, 2.24) is 9.97 Å². The topological polar surface area (TPSA) is 106 Å². The van der Waals surface area contributed by atoms with Crippen LogP contribution in [0.15, 0.2) is 59.7 Å². The number of nitriles is 1. The summed E-state index contributed by atoms with van der Waals surface area (Å²) >= 11 is 0. The van der Waals surface area contributed by atoms with Crippen molar-refractivity contribution in [3.63, 3.8) is 0 Å². The molecule has 3 N–H and O–H groups in total. The van der Waals surface area contributed by atoms with Crippen LogP contribution in [0.3, 0.4) is 0 Å². The molecule has 4 aromatic rings. The van der Waals surface area contributed by atoms with E-state index in [0.29, 0.717) is 11.6 Å². The Morgan fingerprint density at radius 3 is 2.69 bits per heavy atom. The number of aryl methyl sites for hydroxylation is 2. The summed E-state index contributed by atoms with van der Waals surface area (Å²) in [6.45, 7) is 4.03. The lowest BCUT2D eigenvalue weighted by atomic mass is 10.1. The lowest BCUT2D eigenvalue weighted by Crippen LogP contribution is -2.22. The Morgan fingerprint density at radius 1 is 1.10 bits per heavy atom. The number of nitrogens with zero attached hydrogens (tertiary/aromatic N) is 3. The molecule has 0 aliphatic heterocycles. The fraction of sp³-hybridized carbons (Fsp3) is 0.0909. The molecule has 7 nitrogen and oxygen atoms in total. The fourth-order valence-electron chi connectivity index (χ4n) is 3.07. The molecule has 1 aromatic heterocycles. The maximum Gasteiger partial charge on any atom is 0.287 e. The number of hydrazone groups is 1. The van der Waals surface area contributed by atoms with Gasteiger partial charge in [-0.3, -0.25) is 4.79 Å². The molecule has 142 valence electrons. The summed E-state index contributed by atoms with van der Waals surface area (Å²) in [4.78, 5) is 20.0. The normalized spacial score (nSPS) is 11.4. The molecule has 0 radical (unpaired) electrons. The van der Waals surface area contributed by atoms with Crippen molar-refractivity contribution in [2.45, 2.75) is 13.8 Å². The second kappa shape index (κ2) is 7.44. The Bertz CT molecular complexity index is 1270. The molecule has 4 rings (SSSR count). The highest BCUT2D eigenvalue weighted by Crippen LogP contribution is 2.23. The molecule has 0 saturated carbocycles. The number of hydrogen-bond acceptors (Lipinski definition) is 5. The third-order valence-corrected chi connectivity index (χ3v) is 4.73. The molecular formula is C22H18N6O. The average Bonchev–Trinajstić information content (AvgIpc) is 3.10. The highest BCUT2D eigenvalue weighted by molar-refractivity contribution is 6.49. The van der Waals surface area contributed by atoms with E-state index < -0.39 is 5.91 Å². The minimum Gasteiger partial charge on any atom is -0.323 e. The molecule has 0 fully saturated rings. The van der Waals surface area contributed by atoms with Crippen molar-refractivity contribution in [3.8, 4) is 6.07 Å². The van der Waals surface area contributed by atoms with Crippen LogP contribution in [0.5, 0.6) is 0 Å². The van der Waals surface area contributed by atoms with Gasteiger partial charge in [0.2, 0.25) is 11.7 Å². The number of anilines is 2. The molecule has 0 bridgehead atoms. The number of benzene rings is 3. The van der Waals surface area contributed by atoms with Gasteiger partial charge in [0.1, 0.15) is 6.07 Å². The van der Waals surface area contributed by atoms with E-state index in [4.69, 9.17) is 0 Å². The number of rotatable bonds is 4. The van der Waals surface area contributed by atoms with Gasteiger partial charge in [-0.15, -0.1) is 0 Å². The van der Waals surface area contributed by atoms with Gasteiger partial charge in [-0.2, -0.15) is 10.4 Å². The van der Waals surface area contributed by atoms with Crippen molar-refractivity contribution < 1.29 is 4.79 Å². The number of nitrogens with one attached hydrogen (secondary N) is 3. The summed E-state index contributed by atoms with van der Waals surface area (Å²) in [7, 11) is 0. The molecule has 0 spiro atoms. The Labute approximate surface area is 167 Å². The van der Waals surface area contributed by atoms with Crippen LogP contribution in [-0.2, 0) is 4.79 Å². The van der Waals surface area contributed by atoms with Crippen LogP contribution >= 0.6 is 0 Å². The van der Waals surface area contributed by atoms with Gasteiger partial charge in [0.25, 0.3) is 5.91 Å². The number of amides is 1. The zero-order valence-electron chi connectivity index (χ0n) is 15.9. The van der Waals surface area contributed by atoms with Crippen LogP contribution in [0.1, 0.15) is 11.1 Å². The highest BCUT2D eigenvalue weighted by Gasteiger charge is 2.13. The second-order valence-corrected chi connectivity index (χ2v) is 6.70. The summed E-state index contributed by atoms with van der Waals surface area (Å²) in [5, 5.41) is 17.9. The van der Waals surface area contributed by atoms with Gasteiger partial charge in [0.05, 0.1) is 11.0 Å². The predicted octanol–water partition coefficient (Wildman–Crippen LogP) is 4.26. The maximum absolute atomic E-state index is 12.5. The number of carbonyl (C=O) groups is 1. The van der Waals surface area contributed by atoms with Crippen LogP contribution in [0, 0.1) is 25.2 Å². The molecule has 3 aromatic carbocycles. The van der Waals surface area contributed by atoms with Crippen molar-refractivity contribution in [2.24, 2.45) is 5.10 Å². The van der Waals surface area contributed by atoms with Gasteiger partial charge < -0.3 is 10.3 Å². The second-order valence-electron chi connectivity index (χ2n) is 6.70. The monoisotopic (exact) mass is 382 g/mol. The Balaban J connectivity index is 1.56. The average molecular weight is 382 g/mol. The zero-order valence-corrected chi connectivity index (χ0v) is 15.9. The van der Waals surface area contributed by atoms with Gasteiger partial charge >= 0.3 is 0 Å². The minimum absolute atomic E-state index is 0.300. The predicted molar refractivity (Wildman–Crippen MR) is 115 cm³/mol. The van der Waals surface area contributed by atoms with E-state index in [2.05, 4.69) is 25.8 Å². The lowest BCUT2D eigenvalue weighted by molar-refractivity contribution is -0.110. The number of carbonyl (C=O) groups excluding carboxylic acids is 1. The first-order valence-corrected chi connectivity index (χ1v) is 9.05. The van der Waals surface area contributed by atoms with E-state index in [1.165, 1.54) is 0 Å². The molecule has 7 heteroatoms. The molecule has 0 aliphatic carbocycles. The number of fused-ring (bicyclic) bond motifs is 2. The molecule has 1 heterocycles. The smallest absolute Gasteiger partial charge is 0.287 e. The number of aromatic amines is 1. The first-order valence-electron chi connectivity index (χ1n) is 9.05. The fourth-order valence-corrected chi connectivity index (χ4v) is 3.07. The molecule has 0 saturated heterocycles. The maximum atomic E-state index is 12.5. The summed E-state index contributed by atoms with van der Waals surface area (Å²) in [5.41, 5.74) is 6.89. The van der Waals surface area contributed by atoms with Gasteiger partial charge in [-0.1, -0.05) is 36.4 Å². The largest absolute Gasteiger partial charge is 0.323 e. The van der Waals surface area contributed by atoms with Crippen molar-refractivity contribution in [1.29, 1.82) is 5.26 Å². The van der Waals surface area contributed by atoms with E-state index in [1.54, 1.807) is 6.07 Å². The Morgan fingerprint density at radius 2 is 1.86 bits per heavy atom. The molecular weight excluding hydrogens is 364 g/mol.